The van der Waals surface area contributed by atoms with E-state index in [0.717, 1.165) is 24.5 Å². The van der Waals surface area contributed by atoms with Crippen LogP contribution in [-0.2, 0) is 6.42 Å². The summed E-state index contributed by atoms with van der Waals surface area (Å²) < 4.78 is 19.3. The second-order valence-electron chi connectivity index (χ2n) is 6.44. The van der Waals surface area contributed by atoms with Gasteiger partial charge in [0.05, 0.1) is 6.20 Å². The van der Waals surface area contributed by atoms with Gasteiger partial charge in [-0.2, -0.15) is 0 Å². The van der Waals surface area contributed by atoms with Crippen molar-refractivity contribution in [2.45, 2.75) is 27.2 Å². The van der Waals surface area contributed by atoms with Crippen molar-refractivity contribution in [3.63, 3.8) is 0 Å². The first-order chi connectivity index (χ1) is 10.5. The molecule has 2 heterocycles. The van der Waals surface area contributed by atoms with Crippen molar-refractivity contribution in [2.24, 2.45) is 5.41 Å². The number of aryl methyl sites for hydroxylation is 1. The largest absolute Gasteiger partial charge is 0.452 e. The summed E-state index contributed by atoms with van der Waals surface area (Å²) >= 11 is 0. The summed E-state index contributed by atoms with van der Waals surface area (Å²) in [6.45, 7) is 8.29. The van der Waals surface area contributed by atoms with E-state index < -0.39 is 0 Å². The van der Waals surface area contributed by atoms with Crippen molar-refractivity contribution in [1.29, 1.82) is 0 Å². The van der Waals surface area contributed by atoms with Crippen molar-refractivity contribution in [3.05, 3.63) is 42.1 Å². The molecule has 22 heavy (non-hydrogen) atoms. The number of nitrogens with zero attached hydrogens (tertiary/aromatic N) is 3. The number of benzene rings is 1. The van der Waals surface area contributed by atoms with Gasteiger partial charge >= 0.3 is 0 Å². The maximum absolute atomic E-state index is 13.3. The normalized spacial score (nSPS) is 16.3. The van der Waals surface area contributed by atoms with Gasteiger partial charge in [-0.3, -0.25) is 0 Å². The number of hydrogen-bond acceptors (Lipinski definition) is 4. The Morgan fingerprint density at radius 3 is 2.73 bits per heavy atom. The fourth-order valence-corrected chi connectivity index (χ4v) is 2.80. The third-order valence-corrected chi connectivity index (χ3v) is 3.82. The average Bonchev–Trinajstić information content (AvgIpc) is 2.47. The van der Waals surface area contributed by atoms with Crippen LogP contribution < -0.4 is 9.64 Å². The predicted molar refractivity (Wildman–Crippen MR) is 83.9 cm³/mol. The maximum Gasteiger partial charge on any atom is 0.188 e. The van der Waals surface area contributed by atoms with Crippen molar-refractivity contribution in [1.82, 2.24) is 9.97 Å². The molecule has 0 saturated carbocycles. The first-order valence-corrected chi connectivity index (χ1v) is 7.50. The van der Waals surface area contributed by atoms with Crippen LogP contribution in [0, 0.1) is 11.2 Å². The Bertz CT molecular complexity index is 679. The van der Waals surface area contributed by atoms with Gasteiger partial charge < -0.3 is 9.64 Å². The van der Waals surface area contributed by atoms with E-state index in [-0.39, 0.29) is 5.82 Å². The molecule has 0 bridgehead atoms. The molecule has 4 nitrogen and oxygen atoms in total. The Hall–Kier alpha value is -2.17. The Labute approximate surface area is 130 Å². The molecule has 116 valence electrons. The molecule has 1 saturated heterocycles. The molecule has 1 aromatic carbocycles. The van der Waals surface area contributed by atoms with Crippen LogP contribution in [0.3, 0.4) is 0 Å². The molecule has 1 aromatic heterocycles. The molecular formula is C17H20FN3O. The Balaban J connectivity index is 1.87. The third kappa shape index (κ3) is 2.89. The van der Waals surface area contributed by atoms with E-state index in [2.05, 4.69) is 28.7 Å². The number of anilines is 1. The molecule has 5 heteroatoms. The summed E-state index contributed by atoms with van der Waals surface area (Å²) in [5.41, 5.74) is 1.13. The topological polar surface area (TPSA) is 38.3 Å². The summed E-state index contributed by atoms with van der Waals surface area (Å²) in [5, 5.41) is 0. The SMILES string of the molecule is CCc1cc(F)ccc1Oc1cncnc1N1CC(C)(C)C1. The third-order valence-electron chi connectivity index (χ3n) is 3.82. The highest BCUT2D eigenvalue weighted by molar-refractivity contribution is 5.55. The molecule has 3 rings (SSSR count). The monoisotopic (exact) mass is 301 g/mol. The zero-order valence-electron chi connectivity index (χ0n) is 13.1. The second kappa shape index (κ2) is 5.55. The second-order valence-corrected chi connectivity index (χ2v) is 6.44. The van der Waals surface area contributed by atoms with Crippen LogP contribution in [0.2, 0.25) is 0 Å². The van der Waals surface area contributed by atoms with Gasteiger partial charge in [-0.15, -0.1) is 0 Å². The van der Waals surface area contributed by atoms with Crippen LogP contribution in [0.5, 0.6) is 11.5 Å². The molecule has 2 aromatic rings. The van der Waals surface area contributed by atoms with Gasteiger partial charge in [0.15, 0.2) is 11.6 Å². The maximum atomic E-state index is 13.3. The summed E-state index contributed by atoms with van der Waals surface area (Å²) in [5.74, 6) is 1.80. The first-order valence-electron chi connectivity index (χ1n) is 7.50. The lowest BCUT2D eigenvalue weighted by atomic mass is 9.84. The minimum absolute atomic E-state index is 0.252. The standard InChI is InChI=1S/C17H20FN3O/c1-4-12-7-13(18)5-6-14(12)22-15-8-19-11-20-16(15)21-9-17(2,3)10-21/h5-8,11H,4,9-10H2,1-3H3. The minimum Gasteiger partial charge on any atom is -0.452 e. The molecule has 1 aliphatic rings. The summed E-state index contributed by atoms with van der Waals surface area (Å²) in [4.78, 5) is 10.6. The molecule has 0 atom stereocenters. The van der Waals surface area contributed by atoms with Gasteiger partial charge in [0.2, 0.25) is 0 Å². The molecule has 1 fully saturated rings. The summed E-state index contributed by atoms with van der Waals surface area (Å²) in [6.07, 6.45) is 3.89. The Morgan fingerprint density at radius 1 is 1.27 bits per heavy atom. The Kier molecular flexibility index (Phi) is 3.72. The molecule has 0 unspecified atom stereocenters. The predicted octanol–water partition coefficient (Wildman–Crippen LogP) is 3.82. The van der Waals surface area contributed by atoms with Gasteiger partial charge in [0, 0.05) is 13.1 Å². The van der Waals surface area contributed by atoms with E-state index in [1.54, 1.807) is 12.3 Å². The Morgan fingerprint density at radius 2 is 2.05 bits per heavy atom. The minimum atomic E-state index is -0.252. The van der Waals surface area contributed by atoms with E-state index in [1.807, 2.05) is 6.92 Å². The molecular weight excluding hydrogens is 281 g/mol. The van der Waals surface area contributed by atoms with Crippen LogP contribution in [0.25, 0.3) is 0 Å². The van der Waals surface area contributed by atoms with Crippen molar-refractivity contribution < 1.29 is 9.13 Å². The molecule has 0 radical (unpaired) electrons. The fraction of sp³-hybridized carbons (Fsp3) is 0.412. The lowest BCUT2D eigenvalue weighted by Gasteiger charge is -2.46. The van der Waals surface area contributed by atoms with Gasteiger partial charge in [0.25, 0.3) is 0 Å². The highest BCUT2D eigenvalue weighted by Gasteiger charge is 2.36. The first kappa shape index (κ1) is 14.8. The zero-order valence-corrected chi connectivity index (χ0v) is 13.1. The molecule has 0 amide bonds. The van der Waals surface area contributed by atoms with Gasteiger partial charge in [-0.1, -0.05) is 20.8 Å². The van der Waals surface area contributed by atoms with Crippen LogP contribution >= 0.6 is 0 Å². The summed E-state index contributed by atoms with van der Waals surface area (Å²) in [6, 6.07) is 4.57. The zero-order chi connectivity index (χ0) is 15.7. The fourth-order valence-electron chi connectivity index (χ4n) is 2.80. The van der Waals surface area contributed by atoms with Crippen LogP contribution in [0.1, 0.15) is 26.3 Å². The van der Waals surface area contributed by atoms with Crippen molar-refractivity contribution in [2.75, 3.05) is 18.0 Å². The smallest absolute Gasteiger partial charge is 0.188 e. The highest BCUT2D eigenvalue weighted by Crippen LogP contribution is 2.38. The van der Waals surface area contributed by atoms with Crippen molar-refractivity contribution >= 4 is 5.82 Å². The van der Waals surface area contributed by atoms with E-state index in [1.165, 1.54) is 18.5 Å². The molecule has 0 N–H and O–H groups in total. The van der Waals surface area contributed by atoms with E-state index in [0.29, 0.717) is 23.3 Å². The van der Waals surface area contributed by atoms with Gasteiger partial charge in [-0.25, -0.2) is 14.4 Å². The highest BCUT2D eigenvalue weighted by atomic mass is 19.1. The lowest BCUT2D eigenvalue weighted by molar-refractivity contribution is 0.272. The quantitative estimate of drug-likeness (QED) is 0.860. The molecule has 1 aliphatic heterocycles. The van der Waals surface area contributed by atoms with Crippen LogP contribution in [0.4, 0.5) is 10.2 Å². The lowest BCUT2D eigenvalue weighted by Crippen LogP contribution is -2.53. The number of hydrogen-bond donors (Lipinski definition) is 0. The number of aromatic nitrogens is 2. The molecule has 0 aliphatic carbocycles. The number of rotatable bonds is 4. The van der Waals surface area contributed by atoms with E-state index >= 15 is 0 Å². The van der Waals surface area contributed by atoms with Crippen LogP contribution in [-0.4, -0.2) is 23.1 Å². The molecule has 0 spiro atoms. The summed E-state index contributed by atoms with van der Waals surface area (Å²) in [7, 11) is 0. The average molecular weight is 301 g/mol. The van der Waals surface area contributed by atoms with Crippen molar-refractivity contribution in [3.8, 4) is 11.5 Å². The van der Waals surface area contributed by atoms with Crippen LogP contribution in [0.15, 0.2) is 30.7 Å². The number of ether oxygens (including phenoxy) is 1. The van der Waals surface area contributed by atoms with Gasteiger partial charge in [-0.05, 0) is 35.6 Å². The van der Waals surface area contributed by atoms with Gasteiger partial charge in [0.1, 0.15) is 17.9 Å². The number of halogens is 1. The van der Waals surface area contributed by atoms with E-state index in [9.17, 15) is 4.39 Å². The van der Waals surface area contributed by atoms with E-state index in [4.69, 9.17) is 4.74 Å².